The molecule has 1 spiro atoms. The molecular formula is C25H39N5O3. The van der Waals surface area contributed by atoms with E-state index >= 15 is 0 Å². The fraction of sp³-hybridized carbons (Fsp3) is 0.560. The molecule has 2 rings (SSSR count). The summed E-state index contributed by atoms with van der Waals surface area (Å²) < 4.78 is 5.56. The van der Waals surface area contributed by atoms with Crippen LogP contribution in [0.1, 0.15) is 40.5 Å². The Balaban J connectivity index is 2.18. The molecule has 33 heavy (non-hydrogen) atoms. The van der Waals surface area contributed by atoms with E-state index < -0.39 is 5.60 Å². The number of ether oxygens (including phenoxy) is 1. The van der Waals surface area contributed by atoms with E-state index in [9.17, 15) is 9.59 Å². The Morgan fingerprint density at radius 3 is 2.30 bits per heavy atom. The lowest BCUT2D eigenvalue weighted by atomic mass is 9.83. The molecule has 2 saturated heterocycles. The van der Waals surface area contributed by atoms with Gasteiger partial charge in [0.05, 0.1) is 18.5 Å². The normalized spacial score (nSPS) is 19.2. The molecule has 182 valence electrons. The number of nitrogens with zero attached hydrogens (tertiary/aromatic N) is 5. The third-order valence-electron chi connectivity index (χ3n) is 5.85. The van der Waals surface area contributed by atoms with Gasteiger partial charge in [0, 0.05) is 51.2 Å². The van der Waals surface area contributed by atoms with E-state index in [0.717, 1.165) is 24.2 Å². The van der Waals surface area contributed by atoms with Crippen LogP contribution in [0.15, 0.2) is 53.3 Å². The van der Waals surface area contributed by atoms with Gasteiger partial charge in [-0.15, -0.1) is 0 Å². The minimum Gasteiger partial charge on any atom is -0.444 e. The second-order valence-electron chi connectivity index (χ2n) is 9.80. The highest BCUT2D eigenvalue weighted by Crippen LogP contribution is 2.43. The lowest BCUT2D eigenvalue weighted by Gasteiger charge is -2.45. The van der Waals surface area contributed by atoms with Crippen molar-refractivity contribution < 1.29 is 14.3 Å². The molecular weight excluding hydrogens is 418 g/mol. The van der Waals surface area contributed by atoms with E-state index in [1.165, 1.54) is 6.34 Å². The molecule has 2 fully saturated rings. The van der Waals surface area contributed by atoms with Crippen LogP contribution in [0.3, 0.4) is 0 Å². The number of hydrogen-bond acceptors (Lipinski definition) is 5. The zero-order valence-electron chi connectivity index (χ0n) is 21.2. The van der Waals surface area contributed by atoms with Gasteiger partial charge in [0.1, 0.15) is 5.60 Å². The van der Waals surface area contributed by atoms with Crippen molar-refractivity contribution in [2.45, 2.75) is 51.7 Å². The number of piperidine rings is 1. The summed E-state index contributed by atoms with van der Waals surface area (Å²) in [7, 11) is 5.63. The van der Waals surface area contributed by atoms with Gasteiger partial charge in [-0.3, -0.25) is 4.79 Å². The molecule has 2 aliphatic rings. The van der Waals surface area contributed by atoms with Crippen molar-refractivity contribution in [3.05, 3.63) is 48.4 Å². The van der Waals surface area contributed by atoms with Crippen molar-refractivity contribution in [2.75, 3.05) is 40.9 Å². The zero-order valence-corrected chi connectivity index (χ0v) is 21.2. The molecule has 0 aliphatic carbocycles. The molecule has 0 aromatic heterocycles. The number of likely N-dealkylation sites (N-methyl/N-ethyl adjacent to an activating group) is 1. The van der Waals surface area contributed by atoms with Gasteiger partial charge in [-0.25, -0.2) is 4.79 Å². The second-order valence-corrected chi connectivity index (χ2v) is 9.80. The molecule has 0 aromatic carbocycles. The number of aliphatic imine (C=N–C) groups is 1. The van der Waals surface area contributed by atoms with Crippen molar-refractivity contribution in [1.82, 2.24) is 19.6 Å². The summed E-state index contributed by atoms with van der Waals surface area (Å²) in [5.74, 6) is -0.376. The average molecular weight is 458 g/mol. The highest BCUT2D eigenvalue weighted by molar-refractivity contribution is 5.99. The summed E-state index contributed by atoms with van der Waals surface area (Å²) in [6.45, 7) is 17.7. The molecule has 0 radical (unpaired) electrons. The van der Waals surface area contributed by atoms with Gasteiger partial charge in [-0.1, -0.05) is 19.2 Å². The number of carbonyl (C=O) groups is 2. The molecule has 0 atom stereocenters. The van der Waals surface area contributed by atoms with Gasteiger partial charge < -0.3 is 24.3 Å². The van der Waals surface area contributed by atoms with Crippen LogP contribution in [0.5, 0.6) is 0 Å². The smallest absolute Gasteiger partial charge is 0.410 e. The number of amides is 2. The maximum atomic E-state index is 12.5. The first-order chi connectivity index (χ1) is 15.3. The van der Waals surface area contributed by atoms with Gasteiger partial charge in [-0.05, 0) is 52.7 Å². The number of hydrogen-bond donors (Lipinski definition) is 0. The first kappa shape index (κ1) is 26.2. The van der Waals surface area contributed by atoms with Crippen LogP contribution in [0.25, 0.3) is 0 Å². The third kappa shape index (κ3) is 6.27. The largest absolute Gasteiger partial charge is 0.444 e. The summed E-state index contributed by atoms with van der Waals surface area (Å²) in [5.41, 5.74) is 1.50. The summed E-state index contributed by atoms with van der Waals surface area (Å²) in [5, 5.41) is 0. The second kappa shape index (κ2) is 10.3. The maximum absolute atomic E-state index is 12.5. The molecule has 0 saturated carbocycles. The number of rotatable bonds is 5. The summed E-state index contributed by atoms with van der Waals surface area (Å²) in [6, 6.07) is 0. The Bertz CT molecular complexity index is 871. The minimum atomic E-state index is -0.519. The average Bonchev–Trinajstić information content (AvgIpc) is 2.96. The standard InChI is InChI=1S/C25H39N5O3/c1-10-21(12-11-19(2)22(31)26-17-27(7)8)30-18-28(9)20(3)25(30)13-15-29(16-14-25)23(32)33-24(4,5)6/h10-12,17H,2-3,13-16,18H2,1,4-9H3/b12-11-,21-10+,26-17?. The van der Waals surface area contributed by atoms with Gasteiger partial charge in [0.2, 0.25) is 0 Å². The van der Waals surface area contributed by atoms with Gasteiger partial charge >= 0.3 is 6.09 Å². The molecule has 2 heterocycles. The molecule has 8 heteroatoms. The van der Waals surface area contributed by atoms with Crippen molar-refractivity contribution in [3.63, 3.8) is 0 Å². The summed E-state index contributed by atoms with van der Waals surface area (Å²) >= 11 is 0. The highest BCUT2D eigenvalue weighted by Gasteiger charge is 2.49. The van der Waals surface area contributed by atoms with Crippen LogP contribution in [0.2, 0.25) is 0 Å². The maximum Gasteiger partial charge on any atom is 0.410 e. The Hall–Kier alpha value is -3.03. The number of allylic oxidation sites excluding steroid dienone is 2. The monoisotopic (exact) mass is 457 g/mol. The van der Waals surface area contributed by atoms with Crippen LogP contribution in [0, 0.1) is 0 Å². The van der Waals surface area contributed by atoms with Gasteiger partial charge in [0.15, 0.2) is 0 Å². The van der Waals surface area contributed by atoms with Crippen LogP contribution < -0.4 is 0 Å². The molecule has 0 unspecified atom stereocenters. The van der Waals surface area contributed by atoms with Gasteiger partial charge in [0.25, 0.3) is 5.91 Å². The molecule has 0 N–H and O–H groups in total. The summed E-state index contributed by atoms with van der Waals surface area (Å²) in [4.78, 5) is 36.5. The van der Waals surface area contributed by atoms with Crippen molar-refractivity contribution >= 4 is 18.3 Å². The fourth-order valence-electron chi connectivity index (χ4n) is 4.07. The van der Waals surface area contributed by atoms with Crippen molar-refractivity contribution in [1.29, 1.82) is 0 Å². The van der Waals surface area contributed by atoms with E-state index in [-0.39, 0.29) is 17.5 Å². The lowest BCUT2D eigenvalue weighted by Crippen LogP contribution is -2.54. The quantitative estimate of drug-likeness (QED) is 0.272. The highest BCUT2D eigenvalue weighted by atomic mass is 16.6. The number of likely N-dealkylation sites (tertiary alicyclic amines) is 1. The summed E-state index contributed by atoms with van der Waals surface area (Å²) in [6.07, 6.45) is 8.30. The Morgan fingerprint density at radius 1 is 1.18 bits per heavy atom. The van der Waals surface area contributed by atoms with Crippen molar-refractivity contribution in [3.8, 4) is 0 Å². The Labute approximate surface area is 198 Å². The molecule has 0 bridgehead atoms. The van der Waals surface area contributed by atoms with E-state index in [0.29, 0.717) is 25.3 Å². The Morgan fingerprint density at radius 2 is 1.79 bits per heavy atom. The van der Waals surface area contributed by atoms with E-state index in [1.807, 2.05) is 46.9 Å². The molecule has 2 aliphatic heterocycles. The van der Waals surface area contributed by atoms with Crippen LogP contribution in [-0.4, -0.2) is 90.0 Å². The van der Waals surface area contributed by atoms with E-state index in [4.69, 9.17) is 4.74 Å². The number of carbonyl (C=O) groups excluding carboxylic acids is 2. The molecule has 2 amide bonds. The first-order valence-corrected chi connectivity index (χ1v) is 11.2. The topological polar surface area (TPSA) is 68.7 Å². The third-order valence-corrected chi connectivity index (χ3v) is 5.85. The minimum absolute atomic E-state index is 0.278. The predicted octanol–water partition coefficient (Wildman–Crippen LogP) is 3.61. The predicted molar refractivity (Wildman–Crippen MR) is 133 cm³/mol. The SMILES string of the molecule is C=C(/C=C\C(=C/C)N1CN(C)C(=C)C12CCN(C(=O)OC(C)(C)C)CC2)C(=O)N=CN(C)C. The van der Waals surface area contributed by atoms with Crippen molar-refractivity contribution in [2.24, 2.45) is 4.99 Å². The van der Waals surface area contributed by atoms with Crippen LogP contribution in [0.4, 0.5) is 4.79 Å². The zero-order chi connectivity index (χ0) is 25.0. The van der Waals surface area contributed by atoms with E-state index in [2.05, 4.69) is 28.0 Å². The van der Waals surface area contributed by atoms with Gasteiger partial charge in [-0.2, -0.15) is 4.99 Å². The van der Waals surface area contributed by atoms with E-state index in [1.54, 1.807) is 30.0 Å². The molecule has 8 nitrogen and oxygen atoms in total. The lowest BCUT2D eigenvalue weighted by molar-refractivity contribution is -0.114. The first-order valence-electron chi connectivity index (χ1n) is 11.2. The van der Waals surface area contributed by atoms with Crippen LogP contribution >= 0.6 is 0 Å². The Kier molecular flexibility index (Phi) is 8.16. The molecule has 0 aromatic rings. The fourth-order valence-corrected chi connectivity index (χ4v) is 4.07. The van der Waals surface area contributed by atoms with Crippen LogP contribution in [-0.2, 0) is 9.53 Å².